The fourth-order valence-corrected chi connectivity index (χ4v) is 3.47. The molecule has 30 heavy (non-hydrogen) atoms. The zero-order valence-electron chi connectivity index (χ0n) is 17.7. The van der Waals surface area contributed by atoms with E-state index < -0.39 is 0 Å². The van der Waals surface area contributed by atoms with Crippen molar-refractivity contribution in [2.24, 2.45) is 0 Å². The topological polar surface area (TPSA) is 82.7 Å². The highest BCUT2D eigenvalue weighted by Crippen LogP contribution is 2.27. The summed E-state index contributed by atoms with van der Waals surface area (Å²) >= 11 is 0. The normalized spacial score (nSPS) is 13.2. The van der Waals surface area contributed by atoms with Crippen LogP contribution in [-0.2, 0) is 4.74 Å². The van der Waals surface area contributed by atoms with Gasteiger partial charge in [0, 0.05) is 50.4 Å². The molecule has 0 aromatic heterocycles. The number of methoxy groups -OCH3 is 1. The summed E-state index contributed by atoms with van der Waals surface area (Å²) in [4.78, 5) is 27.4. The minimum absolute atomic E-state index is 0.143. The van der Waals surface area contributed by atoms with Gasteiger partial charge in [-0.15, -0.1) is 0 Å². The summed E-state index contributed by atoms with van der Waals surface area (Å²) in [7, 11) is 1.64. The number of carbonyl (C=O) groups is 2. The molecule has 1 fully saturated rings. The third-order valence-corrected chi connectivity index (χ3v) is 5.07. The van der Waals surface area contributed by atoms with Crippen LogP contribution in [0, 0.1) is 6.92 Å². The zero-order chi connectivity index (χ0) is 21.3. The first kappa shape index (κ1) is 21.6. The van der Waals surface area contributed by atoms with Crippen LogP contribution in [0.5, 0.6) is 0 Å². The average Bonchev–Trinajstić information content (AvgIpc) is 3.27. The van der Waals surface area contributed by atoms with Crippen LogP contribution in [-0.4, -0.2) is 45.3 Å². The Hall–Kier alpha value is -3.06. The highest BCUT2D eigenvalue weighted by molar-refractivity contribution is 6.04. The molecule has 0 unspecified atom stereocenters. The van der Waals surface area contributed by atoms with Gasteiger partial charge in [0.25, 0.3) is 5.91 Å². The lowest BCUT2D eigenvalue weighted by atomic mass is 10.1. The Bertz CT molecular complexity index is 861. The molecule has 7 heteroatoms. The first-order valence-corrected chi connectivity index (χ1v) is 10.4. The van der Waals surface area contributed by atoms with Crippen molar-refractivity contribution in [3.05, 3.63) is 53.6 Å². The molecule has 1 saturated heterocycles. The summed E-state index contributed by atoms with van der Waals surface area (Å²) in [5.41, 5.74) is 3.88. The van der Waals surface area contributed by atoms with Crippen LogP contribution in [0.15, 0.2) is 42.5 Å². The second-order valence-electron chi connectivity index (χ2n) is 7.47. The monoisotopic (exact) mass is 410 g/mol. The van der Waals surface area contributed by atoms with Gasteiger partial charge in [-0.3, -0.25) is 4.79 Å². The van der Waals surface area contributed by atoms with Gasteiger partial charge in [-0.1, -0.05) is 17.7 Å². The fraction of sp³-hybridized carbons (Fsp3) is 0.391. The fourth-order valence-electron chi connectivity index (χ4n) is 3.47. The van der Waals surface area contributed by atoms with Gasteiger partial charge in [0.1, 0.15) is 0 Å². The molecular weight excluding hydrogens is 380 g/mol. The van der Waals surface area contributed by atoms with Crippen LogP contribution in [0.3, 0.4) is 0 Å². The van der Waals surface area contributed by atoms with Crippen LogP contribution in [0.4, 0.5) is 21.9 Å². The predicted molar refractivity (Wildman–Crippen MR) is 121 cm³/mol. The minimum Gasteiger partial charge on any atom is -0.385 e. The molecule has 1 heterocycles. The number of rotatable bonds is 8. The number of ether oxygens (including phenoxy) is 1. The molecule has 2 aromatic rings. The molecule has 0 atom stereocenters. The Balaban J connectivity index is 1.72. The molecule has 0 radical (unpaired) electrons. The van der Waals surface area contributed by atoms with Gasteiger partial charge in [-0.05, 0) is 56.5 Å². The predicted octanol–water partition coefficient (Wildman–Crippen LogP) is 4.01. The molecule has 0 saturated carbocycles. The molecule has 1 aliphatic rings. The van der Waals surface area contributed by atoms with Gasteiger partial charge in [-0.25, -0.2) is 4.79 Å². The SMILES string of the molecule is COCCCNC(=O)c1cc(NC(=O)Nc2ccc(C)cc2)ccc1N1CCCC1. The Morgan fingerprint density at radius 2 is 1.67 bits per heavy atom. The number of benzene rings is 2. The number of nitrogens with one attached hydrogen (secondary N) is 3. The van der Waals surface area contributed by atoms with E-state index in [2.05, 4.69) is 20.9 Å². The Morgan fingerprint density at radius 1 is 1.00 bits per heavy atom. The van der Waals surface area contributed by atoms with Crippen LogP contribution in [0.25, 0.3) is 0 Å². The molecular formula is C23H30N4O3. The molecule has 3 rings (SSSR count). The van der Waals surface area contributed by atoms with E-state index in [0.717, 1.165) is 43.6 Å². The molecule has 3 amide bonds. The highest BCUT2D eigenvalue weighted by Gasteiger charge is 2.20. The number of hydrogen-bond acceptors (Lipinski definition) is 4. The molecule has 0 bridgehead atoms. The van der Waals surface area contributed by atoms with Gasteiger partial charge in [-0.2, -0.15) is 0 Å². The van der Waals surface area contributed by atoms with Crippen LogP contribution in [0.2, 0.25) is 0 Å². The van der Waals surface area contributed by atoms with E-state index >= 15 is 0 Å². The largest absolute Gasteiger partial charge is 0.385 e. The van der Waals surface area contributed by atoms with Crippen molar-refractivity contribution in [1.82, 2.24) is 5.32 Å². The summed E-state index contributed by atoms with van der Waals surface area (Å²) < 4.78 is 5.04. The van der Waals surface area contributed by atoms with Crippen molar-refractivity contribution in [1.29, 1.82) is 0 Å². The van der Waals surface area contributed by atoms with Crippen LogP contribution in [0.1, 0.15) is 35.2 Å². The number of hydrogen-bond donors (Lipinski definition) is 3. The van der Waals surface area contributed by atoms with Crippen molar-refractivity contribution in [2.75, 3.05) is 48.9 Å². The van der Waals surface area contributed by atoms with Gasteiger partial charge in [0.15, 0.2) is 0 Å². The molecule has 0 aliphatic carbocycles. The zero-order valence-corrected chi connectivity index (χ0v) is 17.7. The maximum atomic E-state index is 12.8. The lowest BCUT2D eigenvalue weighted by Crippen LogP contribution is -2.29. The molecule has 1 aliphatic heterocycles. The second kappa shape index (κ2) is 10.6. The standard InChI is InChI=1S/C23H30N4O3/c1-17-6-8-18(9-7-17)25-23(29)26-19-10-11-21(27-13-3-4-14-27)20(16-19)22(28)24-12-5-15-30-2/h6-11,16H,3-5,12-15H2,1-2H3,(H,24,28)(H2,25,26,29). The number of nitrogens with zero attached hydrogens (tertiary/aromatic N) is 1. The van der Waals surface area contributed by atoms with E-state index in [4.69, 9.17) is 4.74 Å². The smallest absolute Gasteiger partial charge is 0.323 e. The summed E-state index contributed by atoms with van der Waals surface area (Å²) in [6, 6.07) is 12.7. The lowest BCUT2D eigenvalue weighted by molar-refractivity contribution is 0.0949. The molecule has 3 N–H and O–H groups in total. The average molecular weight is 411 g/mol. The van der Waals surface area contributed by atoms with Crippen molar-refractivity contribution < 1.29 is 14.3 Å². The Labute approximate surface area is 177 Å². The Morgan fingerprint density at radius 3 is 2.37 bits per heavy atom. The van der Waals surface area contributed by atoms with Crippen molar-refractivity contribution in [3.8, 4) is 0 Å². The third kappa shape index (κ3) is 5.97. The number of carbonyl (C=O) groups excluding carboxylic acids is 2. The second-order valence-corrected chi connectivity index (χ2v) is 7.47. The van der Waals surface area contributed by atoms with E-state index in [1.165, 1.54) is 0 Å². The number of amides is 3. The van der Waals surface area contributed by atoms with Gasteiger partial charge >= 0.3 is 6.03 Å². The van der Waals surface area contributed by atoms with Crippen molar-refractivity contribution >= 4 is 29.0 Å². The first-order chi connectivity index (χ1) is 14.6. The van der Waals surface area contributed by atoms with E-state index in [-0.39, 0.29) is 11.9 Å². The van der Waals surface area contributed by atoms with E-state index in [0.29, 0.717) is 30.1 Å². The first-order valence-electron chi connectivity index (χ1n) is 10.4. The van der Waals surface area contributed by atoms with Gasteiger partial charge in [0.2, 0.25) is 0 Å². The highest BCUT2D eigenvalue weighted by atomic mass is 16.5. The molecule has 160 valence electrons. The summed E-state index contributed by atoms with van der Waals surface area (Å²) in [6.45, 7) is 5.00. The quantitative estimate of drug-likeness (QED) is 0.575. The van der Waals surface area contributed by atoms with E-state index in [9.17, 15) is 9.59 Å². The Kier molecular flexibility index (Phi) is 7.68. The maximum Gasteiger partial charge on any atom is 0.323 e. The number of urea groups is 1. The van der Waals surface area contributed by atoms with Crippen molar-refractivity contribution in [2.45, 2.75) is 26.2 Å². The van der Waals surface area contributed by atoms with Gasteiger partial charge < -0.3 is 25.6 Å². The number of aryl methyl sites for hydroxylation is 1. The maximum absolute atomic E-state index is 12.8. The van der Waals surface area contributed by atoms with E-state index in [1.807, 2.05) is 43.3 Å². The minimum atomic E-state index is -0.348. The molecule has 0 spiro atoms. The summed E-state index contributed by atoms with van der Waals surface area (Å²) in [5.74, 6) is -0.143. The number of anilines is 3. The van der Waals surface area contributed by atoms with Gasteiger partial charge in [0.05, 0.1) is 5.56 Å². The van der Waals surface area contributed by atoms with Crippen LogP contribution < -0.4 is 20.9 Å². The summed E-state index contributed by atoms with van der Waals surface area (Å²) in [6.07, 6.45) is 2.99. The molecule has 2 aromatic carbocycles. The van der Waals surface area contributed by atoms with Crippen LogP contribution >= 0.6 is 0 Å². The van der Waals surface area contributed by atoms with Crippen molar-refractivity contribution in [3.63, 3.8) is 0 Å². The van der Waals surface area contributed by atoms with E-state index in [1.54, 1.807) is 13.2 Å². The third-order valence-electron chi connectivity index (χ3n) is 5.07. The summed E-state index contributed by atoms with van der Waals surface area (Å²) in [5, 5.41) is 8.58. The lowest BCUT2D eigenvalue weighted by Gasteiger charge is -2.22. The molecule has 7 nitrogen and oxygen atoms in total.